The van der Waals surface area contributed by atoms with Crippen molar-refractivity contribution in [2.75, 3.05) is 33.9 Å². The normalized spacial score (nSPS) is 16.3. The molecule has 1 aliphatic rings. The molecule has 1 aliphatic heterocycles. The molecule has 0 aliphatic carbocycles. The van der Waals surface area contributed by atoms with Gasteiger partial charge in [0.2, 0.25) is 10.0 Å². The van der Waals surface area contributed by atoms with E-state index < -0.39 is 10.0 Å². The third-order valence-corrected chi connectivity index (χ3v) is 6.38. The van der Waals surface area contributed by atoms with E-state index in [9.17, 15) is 8.42 Å². The van der Waals surface area contributed by atoms with Crippen molar-refractivity contribution in [1.82, 2.24) is 4.31 Å². The van der Waals surface area contributed by atoms with Crippen molar-refractivity contribution in [2.45, 2.75) is 44.6 Å². The van der Waals surface area contributed by atoms with Crippen molar-refractivity contribution < 1.29 is 22.6 Å². The molecule has 0 atom stereocenters. The van der Waals surface area contributed by atoms with Gasteiger partial charge in [0.15, 0.2) is 17.4 Å². The molecule has 2 rings (SSSR count). The first kappa shape index (κ1) is 20.5. The van der Waals surface area contributed by atoms with Crippen LogP contribution in [0.5, 0.6) is 11.5 Å². The van der Waals surface area contributed by atoms with Crippen LogP contribution in [0.15, 0.2) is 22.0 Å². The molecule has 1 aromatic rings. The van der Waals surface area contributed by atoms with Crippen LogP contribution < -0.4 is 9.47 Å². The fraction of sp³-hybridized carbons (Fsp3) is 0.611. The number of rotatable bonds is 8. The topological polar surface area (TPSA) is 77.4 Å². The summed E-state index contributed by atoms with van der Waals surface area (Å²) < 4.78 is 44.0. The van der Waals surface area contributed by atoms with Crippen LogP contribution in [0.4, 0.5) is 0 Å². The SMILES string of the molecule is CCN(CC)S(=O)(=O)c1cc(OC)c(OC)cc1CC1=NC(C)(C)CO1. The number of nitrogens with zero attached hydrogens (tertiary/aromatic N) is 2. The van der Waals surface area contributed by atoms with E-state index >= 15 is 0 Å². The molecule has 26 heavy (non-hydrogen) atoms. The van der Waals surface area contributed by atoms with Crippen molar-refractivity contribution >= 4 is 15.9 Å². The Balaban J connectivity index is 2.58. The molecule has 1 aromatic carbocycles. The number of benzene rings is 1. The molecule has 0 unspecified atom stereocenters. The zero-order valence-electron chi connectivity index (χ0n) is 16.3. The number of ether oxygens (including phenoxy) is 3. The first-order chi connectivity index (χ1) is 12.2. The highest BCUT2D eigenvalue weighted by atomic mass is 32.2. The maximum absolute atomic E-state index is 13.1. The lowest BCUT2D eigenvalue weighted by atomic mass is 10.1. The minimum Gasteiger partial charge on any atom is -0.493 e. The van der Waals surface area contributed by atoms with Crippen LogP contribution in [0.3, 0.4) is 0 Å². The Morgan fingerprint density at radius 2 is 1.73 bits per heavy atom. The summed E-state index contributed by atoms with van der Waals surface area (Å²) in [6.07, 6.45) is 0.277. The predicted octanol–water partition coefficient (Wildman–Crippen LogP) is 2.48. The van der Waals surface area contributed by atoms with E-state index in [1.165, 1.54) is 24.6 Å². The Bertz CT molecular complexity index is 783. The highest BCUT2D eigenvalue weighted by Crippen LogP contribution is 2.35. The maximum Gasteiger partial charge on any atom is 0.243 e. The van der Waals surface area contributed by atoms with Crippen LogP contribution in [0, 0.1) is 0 Å². The second kappa shape index (κ2) is 7.84. The molecule has 7 nitrogen and oxygen atoms in total. The Morgan fingerprint density at radius 3 is 2.19 bits per heavy atom. The van der Waals surface area contributed by atoms with E-state index in [4.69, 9.17) is 14.2 Å². The number of sulfonamides is 1. The van der Waals surface area contributed by atoms with Crippen LogP contribution in [0.1, 0.15) is 33.3 Å². The summed E-state index contributed by atoms with van der Waals surface area (Å²) in [5.74, 6) is 1.37. The van der Waals surface area contributed by atoms with Gasteiger partial charge in [-0.25, -0.2) is 13.4 Å². The Labute approximate surface area is 156 Å². The van der Waals surface area contributed by atoms with Crippen LogP contribution in [-0.4, -0.2) is 58.1 Å². The van der Waals surface area contributed by atoms with Gasteiger partial charge in [-0.05, 0) is 25.5 Å². The van der Waals surface area contributed by atoms with Crippen LogP contribution >= 0.6 is 0 Å². The standard InChI is InChI=1S/C18H28N2O5S/c1-7-20(8-2)26(21,22)16-11-15(24-6)14(23-5)9-13(16)10-17-19-18(3,4)12-25-17/h9,11H,7-8,10,12H2,1-6H3. The van der Waals surface area contributed by atoms with E-state index in [1.807, 2.05) is 27.7 Å². The summed E-state index contributed by atoms with van der Waals surface area (Å²) in [5, 5.41) is 0. The third-order valence-electron chi connectivity index (χ3n) is 4.25. The van der Waals surface area contributed by atoms with Crippen LogP contribution in [0.25, 0.3) is 0 Å². The largest absolute Gasteiger partial charge is 0.493 e. The smallest absolute Gasteiger partial charge is 0.243 e. The second-order valence-electron chi connectivity index (χ2n) is 6.69. The summed E-state index contributed by atoms with van der Waals surface area (Å²) in [6.45, 7) is 8.83. The number of methoxy groups -OCH3 is 2. The predicted molar refractivity (Wildman–Crippen MR) is 101 cm³/mol. The zero-order valence-corrected chi connectivity index (χ0v) is 17.1. The molecule has 0 spiro atoms. The number of aliphatic imine (C=N–C) groups is 1. The molecular weight excluding hydrogens is 356 g/mol. The van der Waals surface area contributed by atoms with Gasteiger partial charge < -0.3 is 14.2 Å². The highest BCUT2D eigenvalue weighted by Gasteiger charge is 2.30. The highest BCUT2D eigenvalue weighted by molar-refractivity contribution is 7.89. The lowest BCUT2D eigenvalue weighted by Gasteiger charge is -2.22. The fourth-order valence-corrected chi connectivity index (χ4v) is 4.58. The van der Waals surface area contributed by atoms with Crippen molar-refractivity contribution in [3.8, 4) is 11.5 Å². The van der Waals surface area contributed by atoms with E-state index in [0.717, 1.165) is 0 Å². The van der Waals surface area contributed by atoms with Crippen molar-refractivity contribution in [2.24, 2.45) is 4.99 Å². The van der Waals surface area contributed by atoms with Gasteiger partial charge >= 0.3 is 0 Å². The van der Waals surface area contributed by atoms with Gasteiger partial charge in [0.05, 0.1) is 31.1 Å². The Hall–Kier alpha value is -1.80. The molecule has 0 aromatic heterocycles. The summed E-state index contributed by atoms with van der Waals surface area (Å²) >= 11 is 0. The van der Waals surface area contributed by atoms with E-state index in [1.54, 1.807) is 6.07 Å². The maximum atomic E-state index is 13.1. The summed E-state index contributed by atoms with van der Waals surface area (Å²) in [6, 6.07) is 3.20. The Morgan fingerprint density at radius 1 is 1.15 bits per heavy atom. The van der Waals surface area contributed by atoms with Gasteiger partial charge in [-0.15, -0.1) is 0 Å². The second-order valence-corrected chi connectivity index (χ2v) is 8.59. The quantitative estimate of drug-likeness (QED) is 0.688. The molecule has 146 valence electrons. The van der Waals surface area contributed by atoms with E-state index in [0.29, 0.717) is 42.7 Å². The first-order valence-corrected chi connectivity index (χ1v) is 10.1. The molecule has 1 heterocycles. The molecular formula is C18H28N2O5S. The third kappa shape index (κ3) is 4.12. The average Bonchev–Trinajstić information content (AvgIpc) is 2.93. The lowest BCUT2D eigenvalue weighted by molar-refractivity contribution is 0.275. The van der Waals surface area contributed by atoms with Crippen LogP contribution in [-0.2, 0) is 21.2 Å². The molecule has 0 amide bonds. The van der Waals surface area contributed by atoms with Crippen LogP contribution in [0.2, 0.25) is 0 Å². The van der Waals surface area contributed by atoms with Gasteiger partial charge in [-0.3, -0.25) is 0 Å². The van der Waals surface area contributed by atoms with E-state index in [2.05, 4.69) is 4.99 Å². The van der Waals surface area contributed by atoms with Crippen molar-refractivity contribution in [3.63, 3.8) is 0 Å². The number of hydrogen-bond acceptors (Lipinski definition) is 6. The summed E-state index contributed by atoms with van der Waals surface area (Å²) in [4.78, 5) is 4.73. The van der Waals surface area contributed by atoms with Gasteiger partial charge in [0, 0.05) is 19.2 Å². The minimum atomic E-state index is -3.67. The molecule has 0 radical (unpaired) electrons. The zero-order chi connectivity index (χ0) is 19.5. The molecule has 0 saturated heterocycles. The van der Waals surface area contributed by atoms with Gasteiger partial charge in [0.25, 0.3) is 0 Å². The van der Waals surface area contributed by atoms with Gasteiger partial charge in [-0.2, -0.15) is 4.31 Å². The number of hydrogen-bond donors (Lipinski definition) is 0. The van der Waals surface area contributed by atoms with Crippen molar-refractivity contribution in [3.05, 3.63) is 17.7 Å². The summed E-state index contributed by atoms with van der Waals surface area (Å²) in [7, 11) is -0.668. The fourth-order valence-electron chi connectivity index (χ4n) is 2.90. The van der Waals surface area contributed by atoms with Crippen molar-refractivity contribution in [1.29, 1.82) is 0 Å². The molecule has 0 N–H and O–H groups in total. The Kier molecular flexibility index (Phi) is 6.18. The minimum absolute atomic E-state index is 0.190. The summed E-state index contributed by atoms with van der Waals surface area (Å²) in [5.41, 5.74) is 0.273. The molecule has 0 bridgehead atoms. The monoisotopic (exact) mass is 384 g/mol. The molecule has 8 heteroatoms. The molecule has 0 fully saturated rings. The lowest BCUT2D eigenvalue weighted by Crippen LogP contribution is -2.31. The average molecular weight is 384 g/mol. The molecule has 0 saturated carbocycles. The van der Waals surface area contributed by atoms with Gasteiger partial charge in [-0.1, -0.05) is 13.8 Å². The van der Waals surface area contributed by atoms with Gasteiger partial charge in [0.1, 0.15) is 6.61 Å². The van der Waals surface area contributed by atoms with E-state index in [-0.39, 0.29) is 16.9 Å². The first-order valence-electron chi connectivity index (χ1n) is 8.65.